The highest BCUT2D eigenvalue weighted by Gasteiger charge is 2.26. The summed E-state index contributed by atoms with van der Waals surface area (Å²) in [5.74, 6) is 0.555. The fourth-order valence-electron chi connectivity index (χ4n) is 5.10. The summed E-state index contributed by atoms with van der Waals surface area (Å²) in [5, 5.41) is 4.23. The fraction of sp³-hybridized carbons (Fsp3) is 0.448. The van der Waals surface area contributed by atoms with Gasteiger partial charge in [-0.3, -0.25) is 19.1 Å². The van der Waals surface area contributed by atoms with Gasteiger partial charge in [-0.2, -0.15) is 4.98 Å². The predicted molar refractivity (Wildman–Crippen MR) is 149 cm³/mol. The molecule has 3 aromatic rings. The van der Waals surface area contributed by atoms with Crippen molar-refractivity contribution in [3.63, 3.8) is 0 Å². The number of hydrogen-bond donors (Lipinski definition) is 1. The first-order valence-corrected chi connectivity index (χ1v) is 13.1. The van der Waals surface area contributed by atoms with E-state index in [1.54, 1.807) is 29.8 Å². The molecule has 2 atom stereocenters. The van der Waals surface area contributed by atoms with Crippen molar-refractivity contribution in [1.82, 2.24) is 24.3 Å². The Kier molecular flexibility index (Phi) is 8.07. The number of hydrogen-bond acceptors (Lipinski definition) is 6. The number of nitrogens with zero attached hydrogens (tertiary/aromatic N) is 5. The molecule has 37 heavy (non-hydrogen) atoms. The van der Waals surface area contributed by atoms with Gasteiger partial charge in [0.1, 0.15) is 5.65 Å². The van der Waals surface area contributed by atoms with Gasteiger partial charge in [-0.15, -0.1) is 0 Å². The summed E-state index contributed by atoms with van der Waals surface area (Å²) >= 11 is 0. The lowest BCUT2D eigenvalue weighted by molar-refractivity contribution is -0.129. The van der Waals surface area contributed by atoms with Crippen molar-refractivity contribution in [3.8, 4) is 0 Å². The van der Waals surface area contributed by atoms with Gasteiger partial charge >= 0.3 is 0 Å². The first kappa shape index (κ1) is 26.5. The number of carbonyl (C=O) groups excluding carboxylic acids is 1. The van der Waals surface area contributed by atoms with Crippen LogP contribution in [0.4, 0.5) is 5.95 Å². The van der Waals surface area contributed by atoms with Gasteiger partial charge in [0.25, 0.3) is 5.56 Å². The molecular weight excluding hydrogens is 464 g/mol. The minimum atomic E-state index is -0.0647. The van der Waals surface area contributed by atoms with Gasteiger partial charge in [-0.05, 0) is 51.3 Å². The fourth-order valence-corrected chi connectivity index (χ4v) is 5.10. The van der Waals surface area contributed by atoms with Crippen molar-refractivity contribution < 1.29 is 4.79 Å². The van der Waals surface area contributed by atoms with Gasteiger partial charge in [-0.1, -0.05) is 37.8 Å². The summed E-state index contributed by atoms with van der Waals surface area (Å²) in [5.41, 5.74) is 3.58. The molecule has 3 heterocycles. The molecule has 1 N–H and O–H groups in total. The Morgan fingerprint density at radius 3 is 2.27 bits per heavy atom. The number of carbonyl (C=O) groups is 1. The van der Waals surface area contributed by atoms with Crippen LogP contribution in [0.2, 0.25) is 0 Å². The quantitative estimate of drug-likeness (QED) is 0.449. The zero-order chi connectivity index (χ0) is 26.7. The third kappa shape index (κ3) is 5.74. The SMILES string of the molecule is C=C(C)C(=O)N1CCN(C(CC)c2ccc(C(C)Nc3ncc4ccc(=O)n(C(C)C)c4n3)cc2)CC1. The van der Waals surface area contributed by atoms with Crippen LogP contribution < -0.4 is 10.9 Å². The molecule has 1 fully saturated rings. The van der Waals surface area contributed by atoms with E-state index in [2.05, 4.69) is 64.9 Å². The lowest BCUT2D eigenvalue weighted by Crippen LogP contribution is -2.49. The maximum atomic E-state index is 12.4. The molecular formula is C29H38N6O2. The summed E-state index contributed by atoms with van der Waals surface area (Å²) in [4.78, 5) is 38.2. The van der Waals surface area contributed by atoms with E-state index >= 15 is 0 Å². The summed E-state index contributed by atoms with van der Waals surface area (Å²) in [6, 6.07) is 12.4. The molecule has 196 valence electrons. The van der Waals surface area contributed by atoms with Gasteiger partial charge < -0.3 is 10.2 Å². The average molecular weight is 503 g/mol. The third-order valence-electron chi connectivity index (χ3n) is 7.14. The Balaban J connectivity index is 1.45. The van der Waals surface area contributed by atoms with Crippen LogP contribution in [-0.4, -0.2) is 56.4 Å². The lowest BCUT2D eigenvalue weighted by atomic mass is 9.98. The van der Waals surface area contributed by atoms with Crippen molar-refractivity contribution in [1.29, 1.82) is 0 Å². The van der Waals surface area contributed by atoms with Crippen LogP contribution in [0.3, 0.4) is 0 Å². The maximum Gasteiger partial charge on any atom is 0.252 e. The molecule has 8 heteroatoms. The predicted octanol–water partition coefficient (Wildman–Crippen LogP) is 4.72. The highest BCUT2D eigenvalue weighted by atomic mass is 16.2. The second-order valence-corrected chi connectivity index (χ2v) is 10.2. The van der Waals surface area contributed by atoms with Crippen molar-refractivity contribution in [2.45, 2.75) is 59.2 Å². The minimum Gasteiger partial charge on any atom is -0.348 e. The Morgan fingerprint density at radius 1 is 1.03 bits per heavy atom. The van der Waals surface area contributed by atoms with E-state index in [9.17, 15) is 9.59 Å². The minimum absolute atomic E-state index is 0.00463. The standard InChI is InChI=1S/C29H38N6O2/c1-7-25(33-14-16-34(17-15-33)28(37)19(2)3)23-10-8-22(9-11-23)21(6)31-29-30-18-24-12-13-26(36)35(20(4)5)27(24)32-29/h8-13,18,20-21,25H,2,7,14-17H2,1,3-6H3,(H,30,31,32). The Morgan fingerprint density at radius 2 is 1.68 bits per heavy atom. The van der Waals surface area contributed by atoms with Gasteiger partial charge in [-0.25, -0.2) is 4.98 Å². The number of benzene rings is 1. The van der Waals surface area contributed by atoms with Crippen LogP contribution in [0.1, 0.15) is 70.3 Å². The van der Waals surface area contributed by atoms with E-state index in [1.807, 2.05) is 18.7 Å². The summed E-state index contributed by atoms with van der Waals surface area (Å²) < 4.78 is 1.70. The number of pyridine rings is 1. The maximum absolute atomic E-state index is 12.4. The topological polar surface area (TPSA) is 83.4 Å². The molecule has 1 amide bonds. The zero-order valence-corrected chi connectivity index (χ0v) is 22.6. The van der Waals surface area contributed by atoms with Crippen molar-refractivity contribution in [3.05, 3.63) is 76.2 Å². The number of anilines is 1. The molecule has 8 nitrogen and oxygen atoms in total. The summed E-state index contributed by atoms with van der Waals surface area (Å²) in [6.45, 7) is 17.0. The average Bonchev–Trinajstić information content (AvgIpc) is 2.89. The molecule has 4 rings (SSSR count). The largest absolute Gasteiger partial charge is 0.348 e. The van der Waals surface area contributed by atoms with Crippen LogP contribution in [-0.2, 0) is 4.79 Å². The monoisotopic (exact) mass is 502 g/mol. The Labute approximate surface area is 219 Å². The van der Waals surface area contributed by atoms with E-state index < -0.39 is 0 Å². The van der Waals surface area contributed by atoms with E-state index in [0.717, 1.165) is 43.5 Å². The molecule has 0 aliphatic carbocycles. The smallest absolute Gasteiger partial charge is 0.252 e. The molecule has 2 aromatic heterocycles. The summed E-state index contributed by atoms with van der Waals surface area (Å²) in [7, 11) is 0. The summed E-state index contributed by atoms with van der Waals surface area (Å²) in [6.07, 6.45) is 2.76. The zero-order valence-electron chi connectivity index (χ0n) is 22.6. The van der Waals surface area contributed by atoms with Crippen molar-refractivity contribution in [2.75, 3.05) is 31.5 Å². The van der Waals surface area contributed by atoms with Crippen molar-refractivity contribution in [2.24, 2.45) is 0 Å². The molecule has 0 radical (unpaired) electrons. The Bertz CT molecular complexity index is 1320. The molecule has 1 aliphatic rings. The molecule has 1 aromatic carbocycles. The van der Waals surface area contributed by atoms with Crippen LogP contribution >= 0.6 is 0 Å². The van der Waals surface area contributed by atoms with Gasteiger partial charge in [0.15, 0.2) is 0 Å². The van der Waals surface area contributed by atoms with Crippen LogP contribution in [0.15, 0.2) is 59.5 Å². The van der Waals surface area contributed by atoms with Crippen LogP contribution in [0.5, 0.6) is 0 Å². The first-order valence-electron chi connectivity index (χ1n) is 13.1. The van der Waals surface area contributed by atoms with Crippen LogP contribution in [0, 0.1) is 0 Å². The van der Waals surface area contributed by atoms with E-state index in [0.29, 0.717) is 23.2 Å². The number of nitrogens with one attached hydrogen (secondary N) is 1. The van der Waals surface area contributed by atoms with Gasteiger partial charge in [0, 0.05) is 61.5 Å². The van der Waals surface area contributed by atoms with Crippen molar-refractivity contribution >= 4 is 22.9 Å². The molecule has 0 spiro atoms. The van der Waals surface area contributed by atoms with Crippen LogP contribution in [0.25, 0.3) is 11.0 Å². The lowest BCUT2D eigenvalue weighted by Gasteiger charge is -2.39. The van der Waals surface area contributed by atoms with Gasteiger partial charge in [0.2, 0.25) is 11.9 Å². The highest BCUT2D eigenvalue weighted by Crippen LogP contribution is 2.28. The molecule has 1 saturated heterocycles. The number of amides is 1. The number of rotatable bonds is 8. The highest BCUT2D eigenvalue weighted by molar-refractivity contribution is 5.92. The Hall–Kier alpha value is -3.52. The number of aromatic nitrogens is 3. The number of piperazine rings is 1. The first-order chi connectivity index (χ1) is 17.7. The normalized spacial score (nSPS) is 16.1. The third-order valence-corrected chi connectivity index (χ3v) is 7.14. The van der Waals surface area contributed by atoms with E-state index in [-0.39, 0.29) is 23.6 Å². The molecule has 1 aliphatic heterocycles. The molecule has 2 unspecified atom stereocenters. The number of fused-ring (bicyclic) bond motifs is 1. The van der Waals surface area contributed by atoms with Gasteiger partial charge in [0.05, 0.1) is 6.04 Å². The van der Waals surface area contributed by atoms with E-state index in [4.69, 9.17) is 0 Å². The molecule has 0 saturated carbocycles. The second-order valence-electron chi connectivity index (χ2n) is 10.2. The second kappa shape index (κ2) is 11.3. The molecule has 0 bridgehead atoms. The van der Waals surface area contributed by atoms with E-state index in [1.165, 1.54) is 5.56 Å².